The van der Waals surface area contributed by atoms with Crippen molar-refractivity contribution in [2.24, 2.45) is 5.73 Å². The first-order valence-electron chi connectivity index (χ1n) is 9.24. The molecule has 0 aromatic heterocycles. The highest BCUT2D eigenvalue weighted by atomic mass is 16.2. The van der Waals surface area contributed by atoms with Gasteiger partial charge in [-0.25, -0.2) is 4.79 Å². The number of carbonyl (C=O) groups is 2. The van der Waals surface area contributed by atoms with E-state index < -0.39 is 0 Å². The maximum absolute atomic E-state index is 12.3. The number of rotatable bonds is 6. The average Bonchev–Trinajstić information content (AvgIpc) is 2.59. The van der Waals surface area contributed by atoms with Crippen molar-refractivity contribution in [3.8, 4) is 0 Å². The van der Waals surface area contributed by atoms with Gasteiger partial charge in [-0.05, 0) is 38.5 Å². The smallest absolute Gasteiger partial charge is 0.315 e. The van der Waals surface area contributed by atoms with E-state index in [9.17, 15) is 9.59 Å². The number of nitrogens with two attached hydrogens (primary N) is 1. The van der Waals surface area contributed by atoms with E-state index in [0.29, 0.717) is 32.0 Å². The highest BCUT2D eigenvalue weighted by Gasteiger charge is 2.24. The molecule has 0 aromatic carbocycles. The first-order chi connectivity index (χ1) is 11.2. The zero-order valence-electron chi connectivity index (χ0n) is 14.2. The molecule has 1 saturated carbocycles. The Kier molecular flexibility index (Phi) is 7.65. The van der Waals surface area contributed by atoms with Crippen molar-refractivity contribution in [1.29, 1.82) is 0 Å². The molecule has 0 radical (unpaired) electrons. The third-order valence-electron chi connectivity index (χ3n) is 5.01. The van der Waals surface area contributed by atoms with Crippen LogP contribution < -0.4 is 16.4 Å². The molecule has 6 heteroatoms. The highest BCUT2D eigenvalue weighted by molar-refractivity contribution is 5.77. The van der Waals surface area contributed by atoms with Crippen molar-refractivity contribution in [2.75, 3.05) is 19.6 Å². The number of piperidine rings is 1. The van der Waals surface area contributed by atoms with Crippen LogP contribution in [0.25, 0.3) is 0 Å². The van der Waals surface area contributed by atoms with E-state index in [4.69, 9.17) is 5.73 Å². The first-order valence-corrected chi connectivity index (χ1v) is 9.24. The van der Waals surface area contributed by atoms with Gasteiger partial charge in [-0.3, -0.25) is 4.79 Å². The van der Waals surface area contributed by atoms with Crippen molar-refractivity contribution >= 4 is 11.9 Å². The van der Waals surface area contributed by atoms with Crippen LogP contribution in [0.1, 0.15) is 64.2 Å². The molecular formula is C17H32N4O2. The number of amides is 3. The molecule has 0 aromatic rings. The lowest BCUT2D eigenvalue weighted by Gasteiger charge is -2.35. The van der Waals surface area contributed by atoms with Crippen LogP contribution >= 0.6 is 0 Å². The number of carbonyl (C=O) groups excluding carboxylic acids is 2. The van der Waals surface area contributed by atoms with Crippen LogP contribution in [-0.2, 0) is 4.79 Å². The van der Waals surface area contributed by atoms with Gasteiger partial charge in [-0.1, -0.05) is 19.3 Å². The molecule has 2 rings (SSSR count). The molecule has 1 saturated heterocycles. The average molecular weight is 324 g/mol. The van der Waals surface area contributed by atoms with E-state index >= 15 is 0 Å². The quantitative estimate of drug-likeness (QED) is 0.650. The molecule has 4 N–H and O–H groups in total. The lowest BCUT2D eigenvalue weighted by Crippen LogP contribution is -2.47. The lowest BCUT2D eigenvalue weighted by atomic mass is 9.96. The molecule has 6 nitrogen and oxygen atoms in total. The van der Waals surface area contributed by atoms with E-state index in [1.54, 1.807) is 0 Å². The number of likely N-dealkylation sites (tertiary alicyclic amines) is 1. The predicted octanol–water partition coefficient (Wildman–Crippen LogP) is 1.74. The molecule has 132 valence electrons. The van der Waals surface area contributed by atoms with Crippen LogP contribution in [0.15, 0.2) is 0 Å². The van der Waals surface area contributed by atoms with Gasteiger partial charge < -0.3 is 21.3 Å². The van der Waals surface area contributed by atoms with Gasteiger partial charge in [0.1, 0.15) is 0 Å². The summed E-state index contributed by atoms with van der Waals surface area (Å²) < 4.78 is 0. The minimum atomic E-state index is -0.0952. The molecule has 1 atom stereocenters. The SMILES string of the molecule is NCC1CCCCN1C(=O)CCCNC(=O)NC1CCCCC1. The number of hydrogen-bond acceptors (Lipinski definition) is 3. The van der Waals surface area contributed by atoms with Gasteiger partial charge in [0.2, 0.25) is 5.91 Å². The Morgan fingerprint density at radius 2 is 1.78 bits per heavy atom. The largest absolute Gasteiger partial charge is 0.338 e. The number of hydrogen-bond donors (Lipinski definition) is 3. The Morgan fingerprint density at radius 1 is 1.04 bits per heavy atom. The maximum atomic E-state index is 12.3. The zero-order valence-corrected chi connectivity index (χ0v) is 14.2. The summed E-state index contributed by atoms with van der Waals surface area (Å²) in [5.74, 6) is 0.176. The molecule has 2 aliphatic rings. The van der Waals surface area contributed by atoms with Crippen molar-refractivity contribution in [3.63, 3.8) is 0 Å². The van der Waals surface area contributed by atoms with Crippen LogP contribution in [0.5, 0.6) is 0 Å². The van der Waals surface area contributed by atoms with Gasteiger partial charge in [0, 0.05) is 38.1 Å². The van der Waals surface area contributed by atoms with Crippen LogP contribution in [0, 0.1) is 0 Å². The van der Waals surface area contributed by atoms with E-state index in [2.05, 4.69) is 10.6 Å². The van der Waals surface area contributed by atoms with Gasteiger partial charge in [-0.2, -0.15) is 0 Å². The number of urea groups is 1. The molecule has 1 aliphatic carbocycles. The Bertz CT molecular complexity index is 383. The predicted molar refractivity (Wildman–Crippen MR) is 91.0 cm³/mol. The summed E-state index contributed by atoms with van der Waals surface area (Å²) in [6, 6.07) is 0.435. The van der Waals surface area contributed by atoms with Crippen molar-refractivity contribution in [3.05, 3.63) is 0 Å². The van der Waals surface area contributed by atoms with E-state index in [1.165, 1.54) is 19.3 Å². The monoisotopic (exact) mass is 324 g/mol. The fraction of sp³-hybridized carbons (Fsp3) is 0.882. The highest BCUT2D eigenvalue weighted by Crippen LogP contribution is 2.18. The van der Waals surface area contributed by atoms with Gasteiger partial charge in [-0.15, -0.1) is 0 Å². The Balaban J connectivity index is 1.58. The second kappa shape index (κ2) is 9.75. The van der Waals surface area contributed by atoms with Gasteiger partial charge in [0.15, 0.2) is 0 Å². The summed E-state index contributed by atoms with van der Waals surface area (Å²) in [5.41, 5.74) is 5.76. The van der Waals surface area contributed by atoms with Crippen LogP contribution in [0.3, 0.4) is 0 Å². The Morgan fingerprint density at radius 3 is 2.52 bits per heavy atom. The second-order valence-electron chi connectivity index (χ2n) is 6.81. The fourth-order valence-electron chi connectivity index (χ4n) is 3.64. The Labute approximate surface area is 139 Å². The van der Waals surface area contributed by atoms with E-state index in [1.807, 2.05) is 4.90 Å². The minimum Gasteiger partial charge on any atom is -0.338 e. The maximum Gasteiger partial charge on any atom is 0.315 e. The molecular weight excluding hydrogens is 292 g/mol. The molecule has 3 amide bonds. The first kappa shape index (κ1) is 18.0. The molecule has 1 unspecified atom stereocenters. The normalized spacial score (nSPS) is 22.7. The van der Waals surface area contributed by atoms with Crippen LogP contribution in [0.2, 0.25) is 0 Å². The third kappa shape index (κ3) is 6.01. The summed E-state index contributed by atoms with van der Waals surface area (Å²) in [7, 11) is 0. The fourth-order valence-corrected chi connectivity index (χ4v) is 3.64. The minimum absolute atomic E-state index is 0.0952. The van der Waals surface area contributed by atoms with Gasteiger partial charge in [0.25, 0.3) is 0 Å². The molecule has 23 heavy (non-hydrogen) atoms. The summed E-state index contributed by atoms with van der Waals surface area (Å²) in [6.45, 7) is 1.93. The number of nitrogens with one attached hydrogen (secondary N) is 2. The van der Waals surface area contributed by atoms with Gasteiger partial charge in [0.05, 0.1) is 0 Å². The molecule has 0 bridgehead atoms. The van der Waals surface area contributed by atoms with Crippen LogP contribution in [-0.4, -0.2) is 48.6 Å². The van der Waals surface area contributed by atoms with E-state index in [-0.39, 0.29) is 18.0 Å². The summed E-state index contributed by atoms with van der Waals surface area (Å²) in [5, 5.41) is 5.89. The third-order valence-corrected chi connectivity index (χ3v) is 5.01. The molecule has 2 fully saturated rings. The standard InChI is InChI=1S/C17H32N4O2/c18-13-15-9-4-5-12-21(15)16(22)10-6-11-19-17(23)20-14-7-2-1-3-8-14/h14-15H,1-13,18H2,(H2,19,20,23). The summed E-state index contributed by atoms with van der Waals surface area (Å²) in [6.07, 6.45) is 10.3. The van der Waals surface area contributed by atoms with Crippen molar-refractivity contribution < 1.29 is 9.59 Å². The van der Waals surface area contributed by atoms with E-state index in [0.717, 1.165) is 38.6 Å². The van der Waals surface area contributed by atoms with Crippen molar-refractivity contribution in [1.82, 2.24) is 15.5 Å². The number of nitrogens with zero attached hydrogens (tertiary/aromatic N) is 1. The summed E-state index contributed by atoms with van der Waals surface area (Å²) >= 11 is 0. The molecule has 0 spiro atoms. The van der Waals surface area contributed by atoms with Crippen molar-refractivity contribution in [2.45, 2.75) is 76.3 Å². The zero-order chi connectivity index (χ0) is 16.5. The summed E-state index contributed by atoms with van der Waals surface area (Å²) in [4.78, 5) is 26.0. The molecule has 1 aliphatic heterocycles. The Hall–Kier alpha value is -1.30. The topological polar surface area (TPSA) is 87.5 Å². The van der Waals surface area contributed by atoms with Crippen LogP contribution in [0.4, 0.5) is 4.79 Å². The molecule has 1 heterocycles. The lowest BCUT2D eigenvalue weighted by molar-refractivity contribution is -0.134. The van der Waals surface area contributed by atoms with Gasteiger partial charge >= 0.3 is 6.03 Å². The second-order valence-corrected chi connectivity index (χ2v) is 6.81.